The largest absolute Gasteiger partial charge is 0.464 e. The number of hydrogen-bond acceptors (Lipinski definition) is 3. The smallest absolute Gasteiger partial charge is 0.302 e. The molecule has 1 aromatic rings. The van der Waals surface area contributed by atoms with E-state index in [0.717, 1.165) is 25.9 Å². The van der Waals surface area contributed by atoms with Gasteiger partial charge in [-0.2, -0.15) is 0 Å². The molecule has 0 aliphatic carbocycles. The van der Waals surface area contributed by atoms with Gasteiger partial charge in [-0.25, -0.2) is 0 Å². The molecule has 3 nitrogen and oxygen atoms in total. The van der Waals surface area contributed by atoms with Crippen molar-refractivity contribution in [2.75, 3.05) is 24.6 Å². The van der Waals surface area contributed by atoms with E-state index in [-0.39, 0.29) is 5.97 Å². The SMILES string of the molecule is CC(=O)OCCN1CCCc2cc[c]cc21. The molecule has 1 aliphatic rings. The maximum atomic E-state index is 10.7. The number of nitrogens with zero attached hydrogens (tertiary/aromatic N) is 1. The van der Waals surface area contributed by atoms with Crippen molar-refractivity contribution in [3.05, 3.63) is 29.8 Å². The summed E-state index contributed by atoms with van der Waals surface area (Å²) in [5.41, 5.74) is 2.61. The predicted molar refractivity (Wildman–Crippen MR) is 62.4 cm³/mol. The van der Waals surface area contributed by atoms with Crippen molar-refractivity contribution < 1.29 is 9.53 Å². The lowest BCUT2D eigenvalue weighted by molar-refractivity contribution is -0.140. The van der Waals surface area contributed by atoms with E-state index in [1.807, 2.05) is 12.1 Å². The molecular formula is C13H16NO2. The van der Waals surface area contributed by atoms with Gasteiger partial charge in [0.1, 0.15) is 6.61 Å². The highest BCUT2D eigenvalue weighted by atomic mass is 16.5. The Kier molecular flexibility index (Phi) is 3.44. The molecule has 1 heterocycles. The molecule has 0 saturated heterocycles. The minimum Gasteiger partial charge on any atom is -0.464 e. The quantitative estimate of drug-likeness (QED) is 0.724. The third kappa shape index (κ3) is 2.54. The number of aryl methyl sites for hydroxylation is 1. The van der Waals surface area contributed by atoms with Crippen molar-refractivity contribution in [3.8, 4) is 0 Å². The van der Waals surface area contributed by atoms with E-state index in [2.05, 4.69) is 17.0 Å². The average molecular weight is 218 g/mol. The number of ether oxygens (including phenoxy) is 1. The van der Waals surface area contributed by atoms with Crippen LogP contribution in [0.2, 0.25) is 0 Å². The highest BCUT2D eigenvalue weighted by Gasteiger charge is 2.15. The molecule has 1 aromatic carbocycles. The summed E-state index contributed by atoms with van der Waals surface area (Å²) in [6.07, 6.45) is 2.30. The third-order valence-corrected chi connectivity index (χ3v) is 2.81. The molecule has 0 aromatic heterocycles. The van der Waals surface area contributed by atoms with Crippen LogP contribution >= 0.6 is 0 Å². The van der Waals surface area contributed by atoms with Crippen molar-refractivity contribution in [1.82, 2.24) is 0 Å². The zero-order valence-corrected chi connectivity index (χ0v) is 9.53. The fourth-order valence-corrected chi connectivity index (χ4v) is 2.07. The lowest BCUT2D eigenvalue weighted by Gasteiger charge is -2.30. The van der Waals surface area contributed by atoms with E-state index in [1.54, 1.807) is 0 Å². The van der Waals surface area contributed by atoms with Gasteiger partial charge >= 0.3 is 5.97 Å². The maximum Gasteiger partial charge on any atom is 0.302 e. The Morgan fingerprint density at radius 1 is 1.62 bits per heavy atom. The number of carbonyl (C=O) groups excluding carboxylic acids is 1. The highest BCUT2D eigenvalue weighted by Crippen LogP contribution is 2.25. The van der Waals surface area contributed by atoms with Crippen molar-refractivity contribution >= 4 is 11.7 Å². The van der Waals surface area contributed by atoms with E-state index < -0.39 is 0 Å². The van der Waals surface area contributed by atoms with Crippen molar-refractivity contribution in [2.45, 2.75) is 19.8 Å². The van der Waals surface area contributed by atoms with Crippen molar-refractivity contribution in [2.24, 2.45) is 0 Å². The van der Waals surface area contributed by atoms with Crippen LogP contribution in [0.15, 0.2) is 18.2 Å². The normalized spacial score (nSPS) is 14.4. The molecule has 1 aliphatic heterocycles. The topological polar surface area (TPSA) is 29.5 Å². The average Bonchev–Trinajstić information content (AvgIpc) is 2.29. The molecule has 0 atom stereocenters. The molecule has 16 heavy (non-hydrogen) atoms. The highest BCUT2D eigenvalue weighted by molar-refractivity contribution is 5.66. The number of carbonyl (C=O) groups is 1. The van der Waals surface area contributed by atoms with Crippen LogP contribution < -0.4 is 4.90 Å². The molecule has 3 heteroatoms. The summed E-state index contributed by atoms with van der Waals surface area (Å²) in [6.45, 7) is 3.71. The minimum absolute atomic E-state index is 0.211. The van der Waals surface area contributed by atoms with Crippen LogP contribution in [0.1, 0.15) is 18.9 Å². The molecule has 0 spiro atoms. The summed E-state index contributed by atoms with van der Waals surface area (Å²) < 4.78 is 4.97. The van der Waals surface area contributed by atoms with E-state index in [4.69, 9.17) is 4.74 Å². The lowest BCUT2D eigenvalue weighted by Crippen LogP contribution is -2.32. The monoisotopic (exact) mass is 218 g/mol. The Hall–Kier alpha value is -1.51. The summed E-state index contributed by atoms with van der Waals surface area (Å²) in [6, 6.07) is 9.19. The first-order valence-corrected chi connectivity index (χ1v) is 5.64. The summed E-state index contributed by atoms with van der Waals surface area (Å²) >= 11 is 0. The van der Waals surface area contributed by atoms with Crippen LogP contribution in [-0.2, 0) is 16.0 Å². The predicted octanol–water partition coefficient (Wildman–Crippen LogP) is 1.80. The van der Waals surface area contributed by atoms with E-state index in [1.165, 1.54) is 18.2 Å². The zero-order valence-electron chi connectivity index (χ0n) is 9.53. The van der Waals surface area contributed by atoms with Crippen LogP contribution in [0, 0.1) is 6.07 Å². The number of benzene rings is 1. The first-order chi connectivity index (χ1) is 7.77. The van der Waals surface area contributed by atoms with Crippen LogP contribution in [0.5, 0.6) is 0 Å². The second-order valence-electron chi connectivity index (χ2n) is 3.99. The van der Waals surface area contributed by atoms with Gasteiger partial charge in [-0.05, 0) is 30.5 Å². The van der Waals surface area contributed by atoms with E-state index >= 15 is 0 Å². The van der Waals surface area contributed by atoms with Gasteiger partial charge in [-0.15, -0.1) is 0 Å². The van der Waals surface area contributed by atoms with Gasteiger partial charge in [0, 0.05) is 19.2 Å². The van der Waals surface area contributed by atoms with Gasteiger partial charge in [-0.3, -0.25) is 4.79 Å². The van der Waals surface area contributed by atoms with Gasteiger partial charge in [0.15, 0.2) is 0 Å². The summed E-state index contributed by atoms with van der Waals surface area (Å²) in [5, 5.41) is 0. The molecule has 0 bridgehead atoms. The number of esters is 1. The minimum atomic E-state index is -0.211. The summed E-state index contributed by atoms with van der Waals surface area (Å²) in [7, 11) is 0. The molecule has 1 radical (unpaired) electrons. The second kappa shape index (κ2) is 5.01. The standard InChI is InChI=1S/C13H16NO2/c1-11(15)16-10-9-14-8-4-6-12-5-2-3-7-13(12)14/h2,5,7H,4,6,8-10H2,1H3. The van der Waals surface area contributed by atoms with Crippen molar-refractivity contribution in [1.29, 1.82) is 0 Å². The molecule has 0 N–H and O–H groups in total. The number of fused-ring (bicyclic) bond motifs is 1. The van der Waals surface area contributed by atoms with Gasteiger partial charge < -0.3 is 9.64 Å². The fourth-order valence-electron chi connectivity index (χ4n) is 2.07. The van der Waals surface area contributed by atoms with Crippen LogP contribution in [0.25, 0.3) is 0 Å². The fraction of sp³-hybridized carbons (Fsp3) is 0.462. The number of rotatable bonds is 3. The molecule has 0 fully saturated rings. The van der Waals surface area contributed by atoms with Crippen LogP contribution in [0.3, 0.4) is 0 Å². The van der Waals surface area contributed by atoms with Crippen LogP contribution in [-0.4, -0.2) is 25.7 Å². The summed E-state index contributed by atoms with van der Waals surface area (Å²) in [4.78, 5) is 12.9. The maximum absolute atomic E-state index is 10.7. The van der Waals surface area contributed by atoms with E-state index in [9.17, 15) is 4.79 Å². The Labute approximate surface area is 96.0 Å². The molecule has 0 saturated carbocycles. The van der Waals surface area contributed by atoms with Gasteiger partial charge in [0.05, 0.1) is 6.54 Å². The first kappa shape index (κ1) is 11.0. The zero-order chi connectivity index (χ0) is 11.4. The molecule has 0 amide bonds. The second-order valence-corrected chi connectivity index (χ2v) is 3.99. The van der Waals surface area contributed by atoms with Crippen LogP contribution in [0.4, 0.5) is 5.69 Å². The first-order valence-electron chi connectivity index (χ1n) is 5.64. The Bertz CT molecular complexity index is 376. The Balaban J connectivity index is 1.99. The molecule has 0 unspecified atom stereocenters. The Morgan fingerprint density at radius 2 is 2.50 bits per heavy atom. The number of anilines is 1. The van der Waals surface area contributed by atoms with Gasteiger partial charge in [-0.1, -0.05) is 12.1 Å². The van der Waals surface area contributed by atoms with E-state index in [0.29, 0.717) is 6.61 Å². The third-order valence-electron chi connectivity index (χ3n) is 2.81. The van der Waals surface area contributed by atoms with Gasteiger partial charge in [0.2, 0.25) is 0 Å². The summed E-state index contributed by atoms with van der Waals surface area (Å²) in [5.74, 6) is -0.211. The van der Waals surface area contributed by atoms with Gasteiger partial charge in [0.25, 0.3) is 0 Å². The van der Waals surface area contributed by atoms with Crippen molar-refractivity contribution in [3.63, 3.8) is 0 Å². The Morgan fingerprint density at radius 3 is 3.31 bits per heavy atom. The number of hydrogen-bond donors (Lipinski definition) is 0. The molecular weight excluding hydrogens is 202 g/mol. The molecule has 2 rings (SSSR count). The molecule has 85 valence electrons. The lowest BCUT2D eigenvalue weighted by atomic mass is 10.0.